The molecule has 0 saturated carbocycles. The first-order chi connectivity index (χ1) is 11.0. The van der Waals surface area contributed by atoms with Crippen molar-refractivity contribution in [1.29, 1.82) is 0 Å². The number of nitrogens with one attached hydrogen (secondary N) is 1. The molecule has 0 bridgehead atoms. The fourth-order valence-electron chi connectivity index (χ4n) is 2.68. The van der Waals surface area contributed by atoms with Crippen molar-refractivity contribution in [1.82, 2.24) is 15.3 Å². The number of rotatable bonds is 5. The normalized spacial score (nSPS) is 12.7. The van der Waals surface area contributed by atoms with Gasteiger partial charge in [-0.15, -0.1) is 0 Å². The van der Waals surface area contributed by atoms with Crippen LogP contribution in [-0.4, -0.2) is 16.5 Å². The lowest BCUT2D eigenvalue weighted by molar-refractivity contribution is 0.453. The molecular weight excluding hydrogens is 310 g/mol. The minimum absolute atomic E-state index is 0.101. The summed E-state index contributed by atoms with van der Waals surface area (Å²) in [6.07, 6.45) is 4.46. The van der Waals surface area contributed by atoms with E-state index in [1.54, 1.807) is 6.20 Å². The number of aryl methyl sites for hydroxylation is 2. The molecule has 0 aliphatic carbocycles. The number of furan rings is 1. The summed E-state index contributed by atoms with van der Waals surface area (Å²) in [6, 6.07) is 6.05. The van der Waals surface area contributed by atoms with Crippen LogP contribution in [0.4, 0.5) is 0 Å². The Bertz CT molecular complexity index is 828. The summed E-state index contributed by atoms with van der Waals surface area (Å²) in [5.74, 6) is 0.864. The molecule has 0 aliphatic rings. The molecule has 0 radical (unpaired) electrons. The van der Waals surface area contributed by atoms with E-state index in [4.69, 9.17) is 16.0 Å². The molecule has 1 N–H and O–H groups in total. The highest BCUT2D eigenvalue weighted by atomic mass is 35.5. The molecule has 0 saturated heterocycles. The van der Waals surface area contributed by atoms with Crippen LogP contribution in [0.3, 0.4) is 0 Å². The van der Waals surface area contributed by atoms with E-state index in [2.05, 4.69) is 42.1 Å². The van der Waals surface area contributed by atoms with E-state index in [9.17, 15) is 0 Å². The zero-order chi connectivity index (χ0) is 16.4. The van der Waals surface area contributed by atoms with E-state index in [-0.39, 0.29) is 6.04 Å². The Morgan fingerprint density at radius 1 is 1.26 bits per heavy atom. The number of nitrogens with zero attached hydrogens (tertiary/aromatic N) is 2. The molecule has 23 heavy (non-hydrogen) atoms. The van der Waals surface area contributed by atoms with Gasteiger partial charge in [0.25, 0.3) is 0 Å². The summed E-state index contributed by atoms with van der Waals surface area (Å²) in [5, 5.41) is 4.80. The van der Waals surface area contributed by atoms with E-state index in [1.807, 2.05) is 18.3 Å². The van der Waals surface area contributed by atoms with Crippen molar-refractivity contribution >= 4 is 22.6 Å². The van der Waals surface area contributed by atoms with Gasteiger partial charge >= 0.3 is 0 Å². The molecule has 5 heteroatoms. The van der Waals surface area contributed by atoms with Crippen molar-refractivity contribution in [2.75, 3.05) is 6.54 Å². The van der Waals surface area contributed by atoms with Gasteiger partial charge in [-0.25, -0.2) is 4.98 Å². The molecule has 0 aromatic carbocycles. The van der Waals surface area contributed by atoms with Crippen molar-refractivity contribution in [3.63, 3.8) is 0 Å². The van der Waals surface area contributed by atoms with Crippen molar-refractivity contribution < 1.29 is 4.42 Å². The predicted molar refractivity (Wildman–Crippen MR) is 92.9 cm³/mol. The highest BCUT2D eigenvalue weighted by molar-refractivity contribution is 6.34. The first-order valence-electron chi connectivity index (χ1n) is 7.74. The molecule has 4 nitrogen and oxygen atoms in total. The molecule has 0 aliphatic heterocycles. The summed E-state index contributed by atoms with van der Waals surface area (Å²) in [7, 11) is 0. The highest BCUT2D eigenvalue weighted by Crippen LogP contribution is 2.27. The SMILES string of the molecule is Cc1cnc(CCNC(C)c2cc3c(Cl)nccc3o2)c(C)c1. The Morgan fingerprint density at radius 2 is 2.09 bits per heavy atom. The van der Waals surface area contributed by atoms with Gasteiger partial charge in [-0.1, -0.05) is 17.7 Å². The van der Waals surface area contributed by atoms with Gasteiger partial charge in [-0.3, -0.25) is 4.98 Å². The second kappa shape index (κ2) is 6.69. The van der Waals surface area contributed by atoms with Crippen LogP contribution in [-0.2, 0) is 6.42 Å². The van der Waals surface area contributed by atoms with E-state index >= 15 is 0 Å². The predicted octanol–water partition coefficient (Wildman–Crippen LogP) is 4.39. The van der Waals surface area contributed by atoms with Gasteiger partial charge in [0.1, 0.15) is 16.5 Å². The van der Waals surface area contributed by atoms with Crippen molar-refractivity contribution in [2.24, 2.45) is 0 Å². The minimum Gasteiger partial charge on any atom is -0.459 e. The zero-order valence-corrected chi connectivity index (χ0v) is 14.3. The van der Waals surface area contributed by atoms with Crippen LogP contribution in [0.15, 0.2) is 35.0 Å². The maximum atomic E-state index is 6.09. The van der Waals surface area contributed by atoms with Gasteiger partial charge in [-0.2, -0.15) is 0 Å². The Kier molecular flexibility index (Phi) is 4.64. The molecule has 3 aromatic heterocycles. The second-order valence-corrected chi connectivity index (χ2v) is 6.22. The number of halogens is 1. The van der Waals surface area contributed by atoms with Crippen molar-refractivity contribution in [2.45, 2.75) is 33.2 Å². The third-order valence-electron chi connectivity index (χ3n) is 3.98. The van der Waals surface area contributed by atoms with Gasteiger partial charge in [0.15, 0.2) is 0 Å². The molecule has 1 atom stereocenters. The minimum atomic E-state index is 0.101. The van der Waals surface area contributed by atoms with E-state index in [0.717, 1.165) is 35.4 Å². The van der Waals surface area contributed by atoms with E-state index in [1.165, 1.54) is 11.1 Å². The first-order valence-corrected chi connectivity index (χ1v) is 8.12. The quantitative estimate of drug-likeness (QED) is 0.705. The average Bonchev–Trinajstić information content (AvgIpc) is 2.95. The first kappa shape index (κ1) is 16.0. The van der Waals surface area contributed by atoms with Crippen molar-refractivity contribution in [3.8, 4) is 0 Å². The summed E-state index contributed by atoms with van der Waals surface area (Å²) in [5.41, 5.74) is 4.33. The zero-order valence-electron chi connectivity index (χ0n) is 13.6. The molecule has 0 amide bonds. The summed E-state index contributed by atoms with van der Waals surface area (Å²) in [6.45, 7) is 7.08. The van der Waals surface area contributed by atoms with Crippen molar-refractivity contribution in [3.05, 3.63) is 58.3 Å². The molecule has 3 aromatic rings. The van der Waals surface area contributed by atoms with Crippen LogP contribution >= 0.6 is 11.6 Å². The third-order valence-corrected chi connectivity index (χ3v) is 4.28. The lowest BCUT2D eigenvalue weighted by Crippen LogP contribution is -2.21. The maximum Gasteiger partial charge on any atom is 0.140 e. The van der Waals surface area contributed by atoms with Gasteiger partial charge in [0.2, 0.25) is 0 Å². The average molecular weight is 330 g/mol. The summed E-state index contributed by atoms with van der Waals surface area (Å²) < 4.78 is 5.85. The highest BCUT2D eigenvalue weighted by Gasteiger charge is 2.13. The fraction of sp³-hybridized carbons (Fsp3) is 0.333. The van der Waals surface area contributed by atoms with Gasteiger partial charge in [-0.05, 0) is 44.0 Å². The second-order valence-electron chi connectivity index (χ2n) is 5.86. The van der Waals surface area contributed by atoms with Crippen LogP contribution in [0.5, 0.6) is 0 Å². The third kappa shape index (κ3) is 3.54. The maximum absolute atomic E-state index is 6.09. The molecule has 120 valence electrons. The van der Waals surface area contributed by atoms with E-state index < -0.39 is 0 Å². The topological polar surface area (TPSA) is 51.0 Å². The number of hydrogen-bond donors (Lipinski definition) is 1. The van der Waals surface area contributed by atoms with Crippen LogP contribution in [0.1, 0.15) is 35.5 Å². The van der Waals surface area contributed by atoms with Crippen LogP contribution < -0.4 is 5.32 Å². The molecule has 0 fully saturated rings. The Balaban J connectivity index is 1.64. The number of hydrogen-bond acceptors (Lipinski definition) is 4. The van der Waals surface area contributed by atoms with Gasteiger partial charge in [0.05, 0.1) is 11.4 Å². The van der Waals surface area contributed by atoms with Crippen LogP contribution in [0.25, 0.3) is 11.0 Å². The van der Waals surface area contributed by atoms with E-state index in [0.29, 0.717) is 5.15 Å². The molecule has 3 heterocycles. The van der Waals surface area contributed by atoms with Crippen LogP contribution in [0.2, 0.25) is 5.15 Å². The molecule has 3 rings (SSSR count). The van der Waals surface area contributed by atoms with Gasteiger partial charge in [0, 0.05) is 31.1 Å². The summed E-state index contributed by atoms with van der Waals surface area (Å²) in [4.78, 5) is 8.58. The Labute approximate surface area is 140 Å². The summed E-state index contributed by atoms with van der Waals surface area (Å²) >= 11 is 6.09. The Hall–Kier alpha value is -1.91. The monoisotopic (exact) mass is 329 g/mol. The number of fused-ring (bicyclic) bond motifs is 1. The Morgan fingerprint density at radius 3 is 2.83 bits per heavy atom. The lowest BCUT2D eigenvalue weighted by atomic mass is 10.1. The van der Waals surface area contributed by atoms with Crippen LogP contribution in [0, 0.1) is 13.8 Å². The largest absolute Gasteiger partial charge is 0.459 e. The van der Waals surface area contributed by atoms with Gasteiger partial charge < -0.3 is 9.73 Å². The smallest absolute Gasteiger partial charge is 0.140 e. The fourth-order valence-corrected chi connectivity index (χ4v) is 2.88. The standard InChI is InChI=1S/C18H20ClN3O/c1-11-8-12(2)15(22-10-11)4-6-20-13(3)17-9-14-16(23-17)5-7-21-18(14)19/h5,7-10,13,20H,4,6H2,1-3H3. The molecule has 0 spiro atoms. The number of pyridine rings is 2. The molecule has 1 unspecified atom stereocenters. The lowest BCUT2D eigenvalue weighted by Gasteiger charge is -2.12. The molecular formula is C18H20ClN3O. The number of aromatic nitrogens is 2.